The fourth-order valence-corrected chi connectivity index (χ4v) is 4.62. The third kappa shape index (κ3) is 9.28. The smallest absolute Gasteiger partial charge is 0.303 e. The average Bonchev–Trinajstić information content (AvgIpc) is 3.15. The van der Waals surface area contributed by atoms with Crippen molar-refractivity contribution in [3.05, 3.63) is 0 Å². The molecule has 0 spiro atoms. The summed E-state index contributed by atoms with van der Waals surface area (Å²) in [6.07, 6.45) is -5.75. The first-order valence-electron chi connectivity index (χ1n) is 10.0. The molecule has 1 rings (SSSR count). The number of thioether (sulfide) groups is 1. The predicted molar refractivity (Wildman–Crippen MR) is 112 cm³/mol. The van der Waals surface area contributed by atoms with Crippen molar-refractivity contribution in [3.8, 4) is 0 Å². The van der Waals surface area contributed by atoms with Gasteiger partial charge in [-0.1, -0.05) is 0 Å². The molecule has 0 bridgehead atoms. The van der Waals surface area contributed by atoms with Gasteiger partial charge in [0.2, 0.25) is 5.91 Å². The molecule has 1 unspecified atom stereocenters. The second-order valence-corrected chi connectivity index (χ2v) is 8.37. The monoisotopic (exact) mass is 491 g/mol. The lowest BCUT2D eigenvalue weighted by Crippen LogP contribution is -2.58. The SMILES string of the molecule is CC(=O)OC[C@@H](OC(C)=O)[C@H](OC(C)=O)[C@H](OC(C)=O)[C@@H](OC(C)=O)C1SCCN1C(C)=O. The Morgan fingerprint density at radius 2 is 1.27 bits per heavy atom. The van der Waals surface area contributed by atoms with E-state index in [1.165, 1.54) is 23.6 Å². The van der Waals surface area contributed by atoms with Crippen molar-refractivity contribution in [1.82, 2.24) is 4.90 Å². The molecule has 13 heteroatoms. The normalized spacial score (nSPS) is 18.8. The van der Waals surface area contributed by atoms with Crippen LogP contribution in [0.25, 0.3) is 0 Å². The largest absolute Gasteiger partial charge is 0.462 e. The van der Waals surface area contributed by atoms with Crippen molar-refractivity contribution < 1.29 is 52.5 Å². The average molecular weight is 492 g/mol. The maximum absolute atomic E-state index is 12.1. The Balaban J connectivity index is 3.55. The van der Waals surface area contributed by atoms with Crippen LogP contribution in [0.1, 0.15) is 41.5 Å². The Hall–Kier alpha value is -2.83. The van der Waals surface area contributed by atoms with Crippen LogP contribution in [0.4, 0.5) is 0 Å². The highest BCUT2D eigenvalue weighted by atomic mass is 32.2. The van der Waals surface area contributed by atoms with E-state index in [-0.39, 0.29) is 5.91 Å². The van der Waals surface area contributed by atoms with Gasteiger partial charge in [-0.15, -0.1) is 11.8 Å². The van der Waals surface area contributed by atoms with E-state index >= 15 is 0 Å². The number of ether oxygens (including phenoxy) is 5. The lowest BCUT2D eigenvalue weighted by molar-refractivity contribution is -0.204. The minimum atomic E-state index is -1.53. The van der Waals surface area contributed by atoms with Gasteiger partial charge >= 0.3 is 29.8 Å². The van der Waals surface area contributed by atoms with Crippen LogP contribution >= 0.6 is 11.8 Å². The number of amides is 1. The van der Waals surface area contributed by atoms with Crippen LogP contribution in [0.15, 0.2) is 0 Å². The van der Waals surface area contributed by atoms with Gasteiger partial charge in [0.1, 0.15) is 12.0 Å². The van der Waals surface area contributed by atoms with E-state index in [2.05, 4.69) is 0 Å². The molecule has 33 heavy (non-hydrogen) atoms. The first-order valence-corrected chi connectivity index (χ1v) is 11.1. The fraction of sp³-hybridized carbons (Fsp3) is 0.700. The van der Waals surface area contributed by atoms with Gasteiger partial charge in [-0.05, 0) is 0 Å². The van der Waals surface area contributed by atoms with Gasteiger partial charge in [-0.25, -0.2) is 0 Å². The quantitative estimate of drug-likeness (QED) is 0.303. The maximum Gasteiger partial charge on any atom is 0.303 e. The minimum absolute atomic E-state index is 0.316. The minimum Gasteiger partial charge on any atom is -0.462 e. The van der Waals surface area contributed by atoms with Gasteiger partial charge in [0, 0.05) is 53.8 Å². The molecule has 1 aliphatic heterocycles. The maximum atomic E-state index is 12.1. The highest BCUT2D eigenvalue weighted by molar-refractivity contribution is 8.00. The van der Waals surface area contributed by atoms with Crippen LogP contribution in [-0.4, -0.2) is 89.3 Å². The second kappa shape index (κ2) is 13.0. The number of rotatable bonds is 10. The summed E-state index contributed by atoms with van der Waals surface area (Å²) in [5.41, 5.74) is 0. The van der Waals surface area contributed by atoms with Crippen molar-refractivity contribution in [3.63, 3.8) is 0 Å². The van der Waals surface area contributed by atoms with Crippen LogP contribution < -0.4 is 0 Å². The van der Waals surface area contributed by atoms with Gasteiger partial charge in [-0.3, -0.25) is 28.8 Å². The number of esters is 5. The van der Waals surface area contributed by atoms with E-state index in [9.17, 15) is 28.8 Å². The highest BCUT2D eigenvalue weighted by Crippen LogP contribution is 2.33. The zero-order valence-electron chi connectivity index (χ0n) is 19.4. The molecule has 0 radical (unpaired) electrons. The van der Waals surface area contributed by atoms with E-state index in [1.807, 2.05) is 0 Å². The van der Waals surface area contributed by atoms with Gasteiger partial charge < -0.3 is 28.6 Å². The third-order valence-electron chi connectivity index (χ3n) is 4.30. The molecule has 0 aromatic heterocycles. The zero-order valence-corrected chi connectivity index (χ0v) is 20.2. The third-order valence-corrected chi connectivity index (χ3v) is 5.58. The van der Waals surface area contributed by atoms with E-state index in [1.54, 1.807) is 0 Å². The van der Waals surface area contributed by atoms with Crippen molar-refractivity contribution in [2.45, 2.75) is 71.3 Å². The Kier molecular flexibility index (Phi) is 11.1. The fourth-order valence-electron chi connectivity index (χ4n) is 3.24. The Morgan fingerprint density at radius 3 is 1.73 bits per heavy atom. The lowest BCUT2D eigenvalue weighted by Gasteiger charge is -2.39. The molecule has 1 saturated heterocycles. The van der Waals surface area contributed by atoms with Crippen LogP contribution in [0.5, 0.6) is 0 Å². The summed E-state index contributed by atoms with van der Waals surface area (Å²) in [6.45, 7) is 6.62. The second-order valence-electron chi connectivity index (χ2n) is 7.15. The summed E-state index contributed by atoms with van der Waals surface area (Å²) in [7, 11) is 0. The number of carbonyl (C=O) groups is 6. The molecule has 0 aromatic rings. The Labute approximate surface area is 195 Å². The van der Waals surface area contributed by atoms with E-state index in [0.717, 1.165) is 34.6 Å². The summed E-state index contributed by atoms with van der Waals surface area (Å²) in [5.74, 6) is -3.71. The molecule has 186 valence electrons. The van der Waals surface area contributed by atoms with E-state index < -0.39 is 66.2 Å². The number of hydrogen-bond acceptors (Lipinski definition) is 12. The summed E-state index contributed by atoms with van der Waals surface area (Å²) in [4.78, 5) is 72.5. The van der Waals surface area contributed by atoms with Crippen LogP contribution in [0.3, 0.4) is 0 Å². The molecule has 0 aromatic carbocycles. The predicted octanol–water partition coefficient (Wildman–Crippen LogP) is 0.198. The van der Waals surface area contributed by atoms with Gasteiger partial charge in [0.25, 0.3) is 0 Å². The van der Waals surface area contributed by atoms with E-state index in [0.29, 0.717) is 12.3 Å². The van der Waals surface area contributed by atoms with Crippen molar-refractivity contribution in [1.29, 1.82) is 0 Å². The molecule has 5 atom stereocenters. The van der Waals surface area contributed by atoms with E-state index in [4.69, 9.17) is 23.7 Å². The first kappa shape index (κ1) is 28.2. The summed E-state index contributed by atoms with van der Waals surface area (Å²) in [6, 6.07) is 0. The topological polar surface area (TPSA) is 152 Å². The molecule has 1 heterocycles. The van der Waals surface area contributed by atoms with Crippen molar-refractivity contribution in [2.24, 2.45) is 0 Å². The van der Waals surface area contributed by atoms with Crippen LogP contribution in [0.2, 0.25) is 0 Å². The van der Waals surface area contributed by atoms with Crippen LogP contribution in [0, 0.1) is 0 Å². The van der Waals surface area contributed by atoms with Crippen molar-refractivity contribution >= 4 is 47.5 Å². The molecular formula is C20H29NO11S. The van der Waals surface area contributed by atoms with Gasteiger partial charge in [-0.2, -0.15) is 0 Å². The molecule has 1 aliphatic rings. The standard InChI is InChI=1S/C20H29NO11S/c1-10(22)21-7-8-33-20(21)19(32-15(6)27)18(31-14(5)26)17(30-13(4)25)16(29-12(3)24)9-28-11(2)23/h16-20H,7-9H2,1-6H3/t16-,17+,18+,19-,20?/m1/s1. The Morgan fingerprint density at radius 1 is 0.758 bits per heavy atom. The molecule has 1 fully saturated rings. The molecule has 0 N–H and O–H groups in total. The lowest BCUT2D eigenvalue weighted by atomic mass is 10.0. The van der Waals surface area contributed by atoms with Crippen molar-refractivity contribution in [2.75, 3.05) is 18.9 Å². The number of carbonyl (C=O) groups excluding carboxylic acids is 6. The first-order chi connectivity index (χ1) is 15.3. The highest BCUT2D eigenvalue weighted by Gasteiger charge is 2.49. The summed E-state index contributed by atoms with van der Waals surface area (Å²) >= 11 is 1.27. The Bertz CT molecular complexity index is 771. The molecular weight excluding hydrogens is 462 g/mol. The van der Waals surface area contributed by atoms with Gasteiger partial charge in [0.05, 0.1) is 0 Å². The molecule has 0 saturated carbocycles. The van der Waals surface area contributed by atoms with Gasteiger partial charge in [0.15, 0.2) is 24.4 Å². The number of nitrogens with zero attached hydrogens (tertiary/aromatic N) is 1. The van der Waals surface area contributed by atoms with Crippen LogP contribution in [-0.2, 0) is 52.5 Å². The summed E-state index contributed by atoms with van der Waals surface area (Å²) < 4.78 is 26.3. The molecule has 0 aliphatic carbocycles. The molecule has 12 nitrogen and oxygen atoms in total. The molecule has 1 amide bonds. The number of hydrogen-bond donors (Lipinski definition) is 0. The zero-order chi connectivity index (χ0) is 25.3. The summed E-state index contributed by atoms with van der Waals surface area (Å²) in [5, 5.41) is -0.791.